The zero-order chi connectivity index (χ0) is 25.9. The standard InChI is InChI=1S/C27H29BrN4O4S/c1-16-22(25(34)36-19-11-7-4-8-12-19)23(18-13-20(28)24(33)21(14-18)35-2)32-26(29-16)30-27(31-32)37-15-17-9-5-3-6-10-17/h3,5-6,9-10,13-14,19,23,33H,4,7-8,11-12,15H2,1-2H3,(H,29,30,31). The van der Waals surface area contributed by atoms with Crippen LogP contribution in [0.5, 0.6) is 11.5 Å². The van der Waals surface area contributed by atoms with Crippen molar-refractivity contribution < 1.29 is 19.4 Å². The van der Waals surface area contributed by atoms with E-state index in [1.54, 1.807) is 16.8 Å². The highest BCUT2D eigenvalue weighted by Gasteiger charge is 2.37. The fraction of sp³-hybridized carbons (Fsp3) is 0.370. The number of hydrogen-bond acceptors (Lipinski definition) is 8. The van der Waals surface area contributed by atoms with Gasteiger partial charge in [0.2, 0.25) is 11.1 Å². The number of ether oxygens (including phenoxy) is 2. The number of methoxy groups -OCH3 is 1. The fourth-order valence-electron chi connectivity index (χ4n) is 4.79. The summed E-state index contributed by atoms with van der Waals surface area (Å²) in [4.78, 5) is 18.3. The van der Waals surface area contributed by atoms with Crippen LogP contribution in [0.1, 0.15) is 56.2 Å². The van der Waals surface area contributed by atoms with E-state index in [-0.39, 0.29) is 17.8 Å². The highest BCUT2D eigenvalue weighted by Crippen LogP contribution is 2.43. The van der Waals surface area contributed by atoms with Gasteiger partial charge in [0.05, 0.1) is 17.2 Å². The first kappa shape index (κ1) is 25.7. The van der Waals surface area contributed by atoms with Gasteiger partial charge in [-0.1, -0.05) is 48.5 Å². The molecule has 2 aromatic carbocycles. The molecule has 1 aromatic heterocycles. The first-order valence-corrected chi connectivity index (χ1v) is 14.1. The summed E-state index contributed by atoms with van der Waals surface area (Å²) in [6.45, 7) is 1.85. The zero-order valence-electron chi connectivity index (χ0n) is 20.7. The topological polar surface area (TPSA) is 98.5 Å². The molecule has 1 aliphatic heterocycles. The molecule has 1 fully saturated rings. The quantitative estimate of drug-likeness (QED) is 0.250. The number of benzene rings is 2. The SMILES string of the molecule is COc1cc(C2C(C(=O)OC3CCCCC3)=C(C)Nc3nc(SCc4ccccc4)nn32)cc(Br)c1O. The van der Waals surface area contributed by atoms with Crippen LogP contribution < -0.4 is 10.1 Å². The number of nitrogens with one attached hydrogen (secondary N) is 1. The van der Waals surface area contributed by atoms with Gasteiger partial charge >= 0.3 is 5.97 Å². The molecule has 0 amide bonds. The number of aromatic nitrogens is 3. The Hall–Kier alpha value is -2.98. The number of phenols is 1. The Morgan fingerprint density at radius 1 is 1.22 bits per heavy atom. The number of allylic oxidation sites excluding steroid dienone is 1. The third kappa shape index (κ3) is 5.50. The van der Waals surface area contributed by atoms with E-state index in [2.05, 4.69) is 33.4 Å². The second-order valence-corrected chi connectivity index (χ2v) is 11.0. The van der Waals surface area contributed by atoms with Gasteiger partial charge in [-0.05, 0) is 71.8 Å². The maximum absolute atomic E-state index is 13.6. The average Bonchev–Trinajstić information content (AvgIpc) is 3.31. The number of rotatable bonds is 7. The Labute approximate surface area is 228 Å². The summed E-state index contributed by atoms with van der Waals surface area (Å²) >= 11 is 4.95. The van der Waals surface area contributed by atoms with Gasteiger partial charge in [-0.15, -0.1) is 5.10 Å². The van der Waals surface area contributed by atoms with Crippen molar-refractivity contribution in [2.24, 2.45) is 0 Å². The molecule has 1 unspecified atom stereocenters. The van der Waals surface area contributed by atoms with Crippen LogP contribution >= 0.6 is 27.7 Å². The molecule has 0 saturated heterocycles. The van der Waals surface area contributed by atoms with E-state index in [1.165, 1.54) is 30.9 Å². The molecule has 37 heavy (non-hydrogen) atoms. The van der Waals surface area contributed by atoms with Crippen molar-refractivity contribution in [2.75, 3.05) is 12.4 Å². The smallest absolute Gasteiger partial charge is 0.338 e. The number of fused-ring (bicyclic) bond motifs is 1. The maximum atomic E-state index is 13.6. The molecular formula is C27H29BrN4O4S. The number of nitrogens with zero attached hydrogens (tertiary/aromatic N) is 3. The summed E-state index contributed by atoms with van der Waals surface area (Å²) in [6, 6.07) is 13.0. The molecule has 5 rings (SSSR count). The van der Waals surface area contributed by atoms with Gasteiger partial charge in [-0.2, -0.15) is 4.98 Å². The van der Waals surface area contributed by atoms with Crippen molar-refractivity contribution in [3.05, 3.63) is 69.3 Å². The van der Waals surface area contributed by atoms with Crippen LogP contribution in [0, 0.1) is 0 Å². The summed E-state index contributed by atoms with van der Waals surface area (Å²) < 4.78 is 13.6. The molecule has 2 heterocycles. The van der Waals surface area contributed by atoms with Crippen molar-refractivity contribution >= 4 is 39.6 Å². The summed E-state index contributed by atoms with van der Waals surface area (Å²) in [7, 11) is 1.49. The van der Waals surface area contributed by atoms with Crippen LogP contribution in [0.2, 0.25) is 0 Å². The molecule has 10 heteroatoms. The van der Waals surface area contributed by atoms with E-state index in [1.807, 2.05) is 25.1 Å². The molecule has 2 aliphatic rings. The number of esters is 1. The molecule has 0 spiro atoms. The number of carbonyl (C=O) groups excluding carboxylic acids is 1. The number of hydrogen-bond donors (Lipinski definition) is 2. The van der Waals surface area contributed by atoms with E-state index in [0.717, 1.165) is 31.4 Å². The van der Waals surface area contributed by atoms with E-state index in [4.69, 9.17) is 19.6 Å². The van der Waals surface area contributed by atoms with Gasteiger partial charge in [0.25, 0.3) is 0 Å². The van der Waals surface area contributed by atoms with Crippen molar-refractivity contribution in [1.29, 1.82) is 0 Å². The number of phenolic OH excluding ortho intramolecular Hbond substituents is 1. The van der Waals surface area contributed by atoms with Gasteiger partial charge in [0.1, 0.15) is 12.1 Å². The third-order valence-electron chi connectivity index (χ3n) is 6.68. The molecule has 2 N–H and O–H groups in total. The normalized spacial score (nSPS) is 17.8. The average molecular weight is 586 g/mol. The van der Waals surface area contributed by atoms with Gasteiger partial charge in [0.15, 0.2) is 11.5 Å². The second kappa shape index (κ2) is 11.2. The van der Waals surface area contributed by atoms with Crippen LogP contribution in [0.15, 0.2) is 63.4 Å². The molecule has 1 saturated carbocycles. The lowest BCUT2D eigenvalue weighted by atomic mass is 9.94. The highest BCUT2D eigenvalue weighted by molar-refractivity contribution is 9.10. The van der Waals surface area contributed by atoms with Crippen LogP contribution in [-0.4, -0.2) is 39.1 Å². The molecule has 1 atom stereocenters. The lowest BCUT2D eigenvalue weighted by Crippen LogP contribution is -2.32. The van der Waals surface area contributed by atoms with Crippen LogP contribution in [0.4, 0.5) is 5.95 Å². The molecule has 194 valence electrons. The molecule has 1 aliphatic carbocycles. The minimum absolute atomic E-state index is 0.00913. The number of aromatic hydroxyl groups is 1. The summed E-state index contributed by atoms with van der Waals surface area (Å²) in [5, 5.41) is 19.1. The lowest BCUT2D eigenvalue weighted by molar-refractivity contribution is -0.146. The second-order valence-electron chi connectivity index (χ2n) is 9.22. The zero-order valence-corrected chi connectivity index (χ0v) is 23.1. The summed E-state index contributed by atoms with van der Waals surface area (Å²) in [5.74, 6) is 1.17. The molecule has 0 bridgehead atoms. The minimum atomic E-state index is -0.614. The summed E-state index contributed by atoms with van der Waals surface area (Å²) in [6.07, 6.45) is 4.97. The predicted octanol–water partition coefficient (Wildman–Crippen LogP) is 6.21. The largest absolute Gasteiger partial charge is 0.503 e. The van der Waals surface area contributed by atoms with Crippen molar-refractivity contribution in [3.8, 4) is 11.5 Å². The molecule has 8 nitrogen and oxygen atoms in total. The minimum Gasteiger partial charge on any atom is -0.503 e. The van der Waals surface area contributed by atoms with Crippen molar-refractivity contribution in [3.63, 3.8) is 0 Å². The first-order chi connectivity index (χ1) is 17.9. The van der Waals surface area contributed by atoms with E-state index in [0.29, 0.717) is 38.2 Å². The van der Waals surface area contributed by atoms with Gasteiger partial charge in [-0.3, -0.25) is 0 Å². The Morgan fingerprint density at radius 2 is 1.97 bits per heavy atom. The number of carbonyl (C=O) groups is 1. The summed E-state index contributed by atoms with van der Waals surface area (Å²) in [5.41, 5.74) is 3.00. The Balaban J connectivity index is 1.52. The van der Waals surface area contributed by atoms with Gasteiger partial charge in [-0.25, -0.2) is 9.48 Å². The van der Waals surface area contributed by atoms with Gasteiger partial charge < -0.3 is 19.9 Å². The van der Waals surface area contributed by atoms with E-state index in [9.17, 15) is 9.90 Å². The Kier molecular flexibility index (Phi) is 7.76. The Morgan fingerprint density at radius 3 is 2.70 bits per heavy atom. The Bertz CT molecular complexity index is 1320. The van der Waals surface area contributed by atoms with Gasteiger partial charge in [0, 0.05) is 11.4 Å². The third-order valence-corrected chi connectivity index (χ3v) is 8.19. The van der Waals surface area contributed by atoms with Crippen LogP contribution in [-0.2, 0) is 15.3 Å². The number of halogens is 1. The highest BCUT2D eigenvalue weighted by atomic mass is 79.9. The predicted molar refractivity (Wildman–Crippen MR) is 146 cm³/mol. The number of thioether (sulfide) groups is 1. The molecular weight excluding hydrogens is 556 g/mol. The molecule has 0 radical (unpaired) electrons. The van der Waals surface area contributed by atoms with E-state index >= 15 is 0 Å². The first-order valence-electron chi connectivity index (χ1n) is 12.3. The number of anilines is 1. The maximum Gasteiger partial charge on any atom is 0.338 e. The van der Waals surface area contributed by atoms with Crippen molar-refractivity contribution in [1.82, 2.24) is 14.8 Å². The monoisotopic (exact) mass is 584 g/mol. The van der Waals surface area contributed by atoms with Crippen molar-refractivity contribution in [2.45, 2.75) is 62.1 Å². The fourth-order valence-corrected chi connectivity index (χ4v) is 6.04. The molecule has 3 aromatic rings. The van der Waals surface area contributed by atoms with Crippen LogP contribution in [0.25, 0.3) is 0 Å². The lowest BCUT2D eigenvalue weighted by Gasteiger charge is -2.30. The van der Waals surface area contributed by atoms with E-state index < -0.39 is 6.04 Å². The van der Waals surface area contributed by atoms with Crippen LogP contribution in [0.3, 0.4) is 0 Å².